The summed E-state index contributed by atoms with van der Waals surface area (Å²) in [6.45, 7) is 4.35. The molecule has 2 aliphatic heterocycles. The van der Waals surface area contributed by atoms with Crippen LogP contribution in [0.1, 0.15) is 49.4 Å². The number of nitrogens with zero attached hydrogens (tertiary/aromatic N) is 6. The third-order valence-corrected chi connectivity index (χ3v) is 8.60. The summed E-state index contributed by atoms with van der Waals surface area (Å²) in [5.74, 6) is 0.187. The first-order valence-corrected chi connectivity index (χ1v) is 14.7. The van der Waals surface area contributed by atoms with Gasteiger partial charge in [0, 0.05) is 75.1 Å². The average molecular weight is 598 g/mol. The van der Waals surface area contributed by atoms with Crippen LogP contribution in [0.15, 0.2) is 59.5 Å². The second-order valence-corrected chi connectivity index (χ2v) is 11.5. The Hall–Kier alpha value is -3.43. The number of amides is 2. The predicted molar refractivity (Wildman–Crippen MR) is 159 cm³/mol. The maximum atomic E-state index is 14.2. The smallest absolute Gasteiger partial charge is 0.266 e. The van der Waals surface area contributed by atoms with E-state index in [1.807, 2.05) is 52.0 Å². The Morgan fingerprint density at radius 3 is 2.39 bits per heavy atom. The number of aromatic nitrogens is 3. The zero-order valence-electron chi connectivity index (χ0n) is 23.2. The Kier molecular flexibility index (Phi) is 8.94. The second-order valence-electron chi connectivity index (χ2n) is 10.6. The van der Waals surface area contributed by atoms with Crippen LogP contribution in [-0.4, -0.2) is 69.1 Å². The summed E-state index contributed by atoms with van der Waals surface area (Å²) in [6, 6.07) is 14.5. The van der Waals surface area contributed by atoms with E-state index in [0.717, 1.165) is 24.1 Å². The molecule has 0 bridgehead atoms. The molecule has 216 valence electrons. The first kappa shape index (κ1) is 29.1. The third-order valence-electron chi connectivity index (χ3n) is 8.12. The molecule has 0 saturated carbocycles. The van der Waals surface area contributed by atoms with Crippen molar-refractivity contribution >= 4 is 40.8 Å². The Morgan fingerprint density at radius 1 is 0.951 bits per heavy atom. The van der Waals surface area contributed by atoms with E-state index in [9.17, 15) is 14.4 Å². The van der Waals surface area contributed by atoms with Crippen molar-refractivity contribution in [3.05, 3.63) is 86.4 Å². The van der Waals surface area contributed by atoms with Gasteiger partial charge in [0.15, 0.2) is 0 Å². The van der Waals surface area contributed by atoms with Crippen molar-refractivity contribution in [2.75, 3.05) is 37.6 Å². The van der Waals surface area contributed by atoms with Gasteiger partial charge in [0.1, 0.15) is 5.82 Å². The molecule has 5 rings (SSSR count). The molecule has 3 atom stereocenters. The van der Waals surface area contributed by atoms with E-state index < -0.39 is 0 Å². The van der Waals surface area contributed by atoms with Gasteiger partial charge >= 0.3 is 0 Å². The van der Waals surface area contributed by atoms with Gasteiger partial charge in [-0.25, -0.2) is 4.68 Å². The summed E-state index contributed by atoms with van der Waals surface area (Å²) >= 11 is 12.2. The minimum absolute atomic E-state index is 0.0351. The highest BCUT2D eigenvalue weighted by Crippen LogP contribution is 2.36. The number of hydrogen-bond donors (Lipinski definition) is 0. The molecule has 2 saturated heterocycles. The molecule has 41 heavy (non-hydrogen) atoms. The average Bonchev–Trinajstić information content (AvgIpc) is 3.40. The Bertz CT molecular complexity index is 1450. The summed E-state index contributed by atoms with van der Waals surface area (Å²) in [5.41, 5.74) is 1.65. The molecule has 2 fully saturated rings. The fourth-order valence-corrected chi connectivity index (χ4v) is 6.16. The van der Waals surface area contributed by atoms with Gasteiger partial charge in [0.05, 0.1) is 17.0 Å². The molecule has 0 aliphatic carbocycles. The first-order valence-electron chi connectivity index (χ1n) is 14.0. The number of benzene rings is 1. The van der Waals surface area contributed by atoms with Crippen molar-refractivity contribution in [1.29, 1.82) is 0 Å². The van der Waals surface area contributed by atoms with Crippen molar-refractivity contribution in [2.24, 2.45) is 13.0 Å². The number of rotatable bonds is 5. The number of pyridine rings is 1. The van der Waals surface area contributed by atoms with Crippen LogP contribution in [0.25, 0.3) is 0 Å². The number of aryl methyl sites for hydroxylation is 1. The number of carbonyl (C=O) groups is 2. The lowest BCUT2D eigenvalue weighted by molar-refractivity contribution is -0.140. The van der Waals surface area contributed by atoms with Gasteiger partial charge < -0.3 is 14.7 Å². The molecule has 2 amide bonds. The van der Waals surface area contributed by atoms with Crippen LogP contribution in [0.4, 0.5) is 5.82 Å². The minimum atomic E-state index is -0.371. The zero-order chi connectivity index (χ0) is 29.1. The molecular weight excluding hydrogens is 563 g/mol. The van der Waals surface area contributed by atoms with E-state index in [0.29, 0.717) is 55.0 Å². The molecule has 11 heteroatoms. The lowest BCUT2D eigenvalue weighted by Gasteiger charge is -2.38. The molecule has 0 radical (unpaired) electrons. The molecule has 0 unspecified atom stereocenters. The summed E-state index contributed by atoms with van der Waals surface area (Å²) in [5, 5.41) is 5.62. The molecule has 3 aromatic rings. The van der Waals surface area contributed by atoms with Gasteiger partial charge in [-0.1, -0.05) is 42.3 Å². The Balaban J connectivity index is 1.39. The van der Waals surface area contributed by atoms with Crippen LogP contribution < -0.4 is 10.5 Å². The monoisotopic (exact) mass is 596 g/mol. The van der Waals surface area contributed by atoms with Gasteiger partial charge in [-0.15, -0.1) is 0 Å². The molecule has 9 nitrogen and oxygen atoms in total. The molecule has 1 aromatic carbocycles. The topological polar surface area (TPSA) is 91.6 Å². The van der Waals surface area contributed by atoms with Crippen LogP contribution in [0.3, 0.4) is 0 Å². The summed E-state index contributed by atoms with van der Waals surface area (Å²) in [7, 11) is 1.61. The molecule has 2 aliphatic rings. The van der Waals surface area contributed by atoms with Crippen molar-refractivity contribution < 1.29 is 9.59 Å². The highest BCUT2D eigenvalue weighted by molar-refractivity contribution is 6.30. The highest BCUT2D eigenvalue weighted by Gasteiger charge is 2.42. The van der Waals surface area contributed by atoms with Gasteiger partial charge in [-0.3, -0.25) is 19.4 Å². The highest BCUT2D eigenvalue weighted by atomic mass is 35.5. The SMILES string of the molecule is CCC(=O)N1CCN(C(=O)[C@@H]2CN(c3ccc(=O)n(C)n3)C[C@H]2c2ccc(Cl)cn2)CCC[C@H]1c1ccc(Cl)cc1. The lowest BCUT2D eigenvalue weighted by Crippen LogP contribution is -2.47. The van der Waals surface area contributed by atoms with E-state index >= 15 is 0 Å². The molecule has 2 aromatic heterocycles. The Labute approximate surface area is 249 Å². The van der Waals surface area contributed by atoms with Crippen molar-refractivity contribution in [1.82, 2.24) is 24.6 Å². The first-order chi connectivity index (χ1) is 19.7. The number of halogens is 2. The lowest BCUT2D eigenvalue weighted by atomic mass is 9.90. The van der Waals surface area contributed by atoms with Crippen molar-refractivity contribution in [3.63, 3.8) is 0 Å². The molecule has 4 heterocycles. The van der Waals surface area contributed by atoms with E-state index in [4.69, 9.17) is 23.2 Å². The second kappa shape index (κ2) is 12.6. The molecular formula is C30H34Cl2N6O3. The van der Waals surface area contributed by atoms with Gasteiger partial charge in [0.2, 0.25) is 11.8 Å². The Morgan fingerprint density at radius 2 is 1.71 bits per heavy atom. The summed E-state index contributed by atoms with van der Waals surface area (Å²) in [6.07, 6.45) is 3.51. The zero-order valence-corrected chi connectivity index (χ0v) is 24.8. The fraction of sp³-hybridized carbons (Fsp3) is 0.433. The van der Waals surface area contributed by atoms with Crippen molar-refractivity contribution in [3.8, 4) is 0 Å². The van der Waals surface area contributed by atoms with Crippen molar-refractivity contribution in [2.45, 2.75) is 38.1 Å². The predicted octanol–water partition coefficient (Wildman–Crippen LogP) is 4.30. The quantitative estimate of drug-likeness (QED) is 0.436. The largest absolute Gasteiger partial charge is 0.354 e. The van der Waals surface area contributed by atoms with Crippen LogP contribution in [-0.2, 0) is 16.6 Å². The number of hydrogen-bond acceptors (Lipinski definition) is 6. The van der Waals surface area contributed by atoms with Crippen LogP contribution in [0, 0.1) is 5.92 Å². The van der Waals surface area contributed by atoms with E-state index in [-0.39, 0.29) is 35.3 Å². The number of carbonyl (C=O) groups excluding carboxylic acids is 2. The van der Waals surface area contributed by atoms with E-state index in [1.54, 1.807) is 25.4 Å². The van der Waals surface area contributed by atoms with Gasteiger partial charge in [-0.2, -0.15) is 5.10 Å². The summed E-state index contributed by atoms with van der Waals surface area (Å²) < 4.78 is 1.30. The van der Waals surface area contributed by atoms with Gasteiger partial charge in [0.25, 0.3) is 5.56 Å². The normalized spacial score (nSPS) is 21.5. The minimum Gasteiger partial charge on any atom is -0.354 e. The third kappa shape index (κ3) is 6.41. The van der Waals surface area contributed by atoms with Crippen LogP contribution in [0.5, 0.6) is 0 Å². The van der Waals surface area contributed by atoms with Gasteiger partial charge in [-0.05, 0) is 48.7 Å². The van der Waals surface area contributed by atoms with Crippen LogP contribution in [0.2, 0.25) is 10.0 Å². The van der Waals surface area contributed by atoms with E-state index in [1.165, 1.54) is 10.7 Å². The summed E-state index contributed by atoms with van der Waals surface area (Å²) in [4.78, 5) is 49.6. The standard InChI is InChI=1S/C30H34Cl2N6O3/c1-3-28(39)38-16-15-36(14-4-5-26(38)20-6-8-21(31)9-7-20)30(41)24-19-37(27-12-13-29(40)35(2)34-27)18-23(24)25-11-10-22(32)17-33-25/h6-13,17,23-24,26H,3-5,14-16,18-19H2,1-2H3/t23-,24-,26+/m1/s1. The van der Waals surface area contributed by atoms with E-state index in [2.05, 4.69) is 10.1 Å². The van der Waals surface area contributed by atoms with Crippen LogP contribution >= 0.6 is 23.2 Å². The maximum absolute atomic E-state index is 14.2. The molecule has 0 spiro atoms. The molecule has 0 N–H and O–H groups in total. The number of anilines is 1. The fourth-order valence-electron chi connectivity index (χ4n) is 5.92. The maximum Gasteiger partial charge on any atom is 0.266 e.